The Labute approximate surface area is 113 Å². The Kier molecular flexibility index (Phi) is 3.71. The van der Waals surface area contributed by atoms with E-state index in [9.17, 15) is 4.39 Å². The lowest BCUT2D eigenvalue weighted by Gasteiger charge is -2.33. The van der Waals surface area contributed by atoms with Crippen LogP contribution in [0.3, 0.4) is 0 Å². The van der Waals surface area contributed by atoms with Gasteiger partial charge in [0.1, 0.15) is 5.82 Å². The maximum atomic E-state index is 13.7. The molecule has 1 atom stereocenters. The summed E-state index contributed by atoms with van der Waals surface area (Å²) >= 11 is 0. The van der Waals surface area contributed by atoms with Crippen molar-refractivity contribution >= 4 is 5.69 Å². The van der Waals surface area contributed by atoms with Crippen LogP contribution >= 0.6 is 0 Å². The molecule has 1 saturated carbocycles. The lowest BCUT2D eigenvalue weighted by atomic mass is 10.1. The molecule has 0 amide bonds. The Morgan fingerprint density at radius 1 is 1.37 bits per heavy atom. The molecule has 3 nitrogen and oxygen atoms in total. The third kappa shape index (κ3) is 3.45. The van der Waals surface area contributed by atoms with Crippen LogP contribution in [0.2, 0.25) is 0 Å². The number of ether oxygens (including phenoxy) is 1. The van der Waals surface area contributed by atoms with E-state index in [2.05, 4.69) is 23.2 Å². The molecular weight excluding hydrogens is 243 g/mol. The Morgan fingerprint density at radius 2 is 2.21 bits per heavy atom. The Balaban J connectivity index is 1.72. The molecule has 1 N–H and O–H groups in total. The van der Waals surface area contributed by atoms with Crippen LogP contribution in [0.15, 0.2) is 18.2 Å². The average molecular weight is 264 g/mol. The van der Waals surface area contributed by atoms with E-state index in [1.165, 1.54) is 12.8 Å². The second kappa shape index (κ2) is 5.47. The van der Waals surface area contributed by atoms with Crippen LogP contribution in [-0.4, -0.2) is 31.8 Å². The molecule has 4 heteroatoms. The van der Waals surface area contributed by atoms with Gasteiger partial charge in [-0.2, -0.15) is 0 Å². The predicted molar refractivity (Wildman–Crippen MR) is 73.9 cm³/mol. The van der Waals surface area contributed by atoms with E-state index in [-0.39, 0.29) is 11.9 Å². The summed E-state index contributed by atoms with van der Waals surface area (Å²) in [5, 5.41) is 3.43. The number of anilines is 1. The van der Waals surface area contributed by atoms with Gasteiger partial charge in [-0.25, -0.2) is 4.39 Å². The van der Waals surface area contributed by atoms with E-state index >= 15 is 0 Å². The van der Waals surface area contributed by atoms with E-state index in [0.29, 0.717) is 12.6 Å². The van der Waals surface area contributed by atoms with Gasteiger partial charge < -0.3 is 15.0 Å². The number of hydrogen-bond donors (Lipinski definition) is 1. The highest BCUT2D eigenvalue weighted by atomic mass is 19.1. The Morgan fingerprint density at radius 3 is 2.95 bits per heavy atom. The number of nitrogens with zero attached hydrogens (tertiary/aromatic N) is 1. The van der Waals surface area contributed by atoms with Crippen molar-refractivity contribution in [2.75, 3.05) is 24.6 Å². The third-order valence-electron chi connectivity index (χ3n) is 3.72. The zero-order chi connectivity index (χ0) is 13.2. The Hall–Kier alpha value is -1.13. The minimum atomic E-state index is -0.149. The van der Waals surface area contributed by atoms with E-state index in [1.54, 1.807) is 12.1 Å². The fourth-order valence-corrected chi connectivity index (χ4v) is 2.52. The monoisotopic (exact) mass is 264 g/mol. The van der Waals surface area contributed by atoms with Crippen molar-refractivity contribution in [2.24, 2.45) is 0 Å². The normalized spacial score (nSPS) is 23.7. The molecule has 1 saturated heterocycles. The molecule has 1 aliphatic heterocycles. The van der Waals surface area contributed by atoms with Gasteiger partial charge in [-0.05, 0) is 43.5 Å². The summed E-state index contributed by atoms with van der Waals surface area (Å²) in [5.74, 6) is -0.149. The highest BCUT2D eigenvalue weighted by Crippen LogP contribution is 2.23. The summed E-state index contributed by atoms with van der Waals surface area (Å²) in [6, 6.07) is 5.99. The molecule has 1 heterocycles. The first-order valence-corrected chi connectivity index (χ1v) is 7.10. The van der Waals surface area contributed by atoms with Gasteiger partial charge in [-0.3, -0.25) is 0 Å². The largest absolute Gasteiger partial charge is 0.375 e. The van der Waals surface area contributed by atoms with Crippen molar-refractivity contribution in [3.05, 3.63) is 29.6 Å². The maximum absolute atomic E-state index is 13.7. The summed E-state index contributed by atoms with van der Waals surface area (Å²) in [7, 11) is 0. The highest BCUT2D eigenvalue weighted by molar-refractivity contribution is 5.49. The summed E-state index contributed by atoms with van der Waals surface area (Å²) < 4.78 is 19.3. The minimum Gasteiger partial charge on any atom is -0.375 e. The molecular formula is C15H21FN2O. The maximum Gasteiger partial charge on any atom is 0.125 e. The SMILES string of the molecule is CC1CN(c2cc(F)cc(CNC3CC3)c2)CCO1. The van der Waals surface area contributed by atoms with Crippen LogP contribution in [0.5, 0.6) is 0 Å². The van der Waals surface area contributed by atoms with Gasteiger partial charge in [0.15, 0.2) is 0 Å². The summed E-state index contributed by atoms with van der Waals surface area (Å²) in [6.07, 6.45) is 2.72. The zero-order valence-corrected chi connectivity index (χ0v) is 11.4. The van der Waals surface area contributed by atoms with Crippen molar-refractivity contribution in [3.63, 3.8) is 0 Å². The van der Waals surface area contributed by atoms with Crippen molar-refractivity contribution in [1.29, 1.82) is 0 Å². The lowest BCUT2D eigenvalue weighted by molar-refractivity contribution is 0.0532. The number of hydrogen-bond acceptors (Lipinski definition) is 3. The van der Waals surface area contributed by atoms with Gasteiger partial charge in [0, 0.05) is 31.4 Å². The molecule has 0 radical (unpaired) electrons. The number of nitrogens with one attached hydrogen (secondary N) is 1. The topological polar surface area (TPSA) is 24.5 Å². The third-order valence-corrected chi connectivity index (χ3v) is 3.72. The van der Waals surface area contributed by atoms with Crippen LogP contribution < -0.4 is 10.2 Å². The van der Waals surface area contributed by atoms with Gasteiger partial charge >= 0.3 is 0 Å². The molecule has 0 aromatic heterocycles. The lowest BCUT2D eigenvalue weighted by Crippen LogP contribution is -2.41. The number of morpholine rings is 1. The van der Waals surface area contributed by atoms with Gasteiger partial charge in [0.2, 0.25) is 0 Å². The molecule has 1 aliphatic carbocycles. The summed E-state index contributed by atoms with van der Waals surface area (Å²) in [5.41, 5.74) is 2.00. The van der Waals surface area contributed by atoms with Gasteiger partial charge in [-0.1, -0.05) is 0 Å². The quantitative estimate of drug-likeness (QED) is 0.903. The molecule has 19 heavy (non-hydrogen) atoms. The minimum absolute atomic E-state index is 0.149. The summed E-state index contributed by atoms with van der Waals surface area (Å²) in [4.78, 5) is 2.21. The molecule has 2 aliphatic rings. The van der Waals surface area contributed by atoms with Gasteiger partial charge in [-0.15, -0.1) is 0 Å². The average Bonchev–Trinajstić information content (AvgIpc) is 3.20. The fourth-order valence-electron chi connectivity index (χ4n) is 2.52. The van der Waals surface area contributed by atoms with Crippen LogP contribution in [0, 0.1) is 5.82 Å². The van der Waals surface area contributed by atoms with Crippen LogP contribution in [0.4, 0.5) is 10.1 Å². The highest BCUT2D eigenvalue weighted by Gasteiger charge is 2.21. The zero-order valence-electron chi connectivity index (χ0n) is 11.4. The van der Waals surface area contributed by atoms with Crippen molar-refractivity contribution < 1.29 is 9.13 Å². The van der Waals surface area contributed by atoms with Crippen LogP contribution in [0.1, 0.15) is 25.3 Å². The number of benzene rings is 1. The van der Waals surface area contributed by atoms with E-state index in [1.807, 2.05) is 0 Å². The number of rotatable bonds is 4. The molecule has 0 spiro atoms. The second-order valence-electron chi connectivity index (χ2n) is 5.60. The predicted octanol–water partition coefficient (Wildman–Crippen LogP) is 2.30. The molecule has 1 aromatic rings. The van der Waals surface area contributed by atoms with Crippen molar-refractivity contribution in [3.8, 4) is 0 Å². The Bertz CT molecular complexity index is 448. The van der Waals surface area contributed by atoms with E-state index in [4.69, 9.17) is 4.74 Å². The molecule has 1 aromatic carbocycles. The molecule has 104 valence electrons. The van der Waals surface area contributed by atoms with E-state index in [0.717, 1.165) is 30.9 Å². The van der Waals surface area contributed by atoms with Crippen LogP contribution in [0.25, 0.3) is 0 Å². The van der Waals surface area contributed by atoms with Crippen molar-refractivity contribution in [1.82, 2.24) is 5.32 Å². The molecule has 1 unspecified atom stereocenters. The van der Waals surface area contributed by atoms with Gasteiger partial charge in [0.05, 0.1) is 12.7 Å². The molecule has 0 bridgehead atoms. The first-order valence-electron chi connectivity index (χ1n) is 7.10. The molecule has 2 fully saturated rings. The van der Waals surface area contributed by atoms with Crippen molar-refractivity contribution in [2.45, 2.75) is 38.5 Å². The smallest absolute Gasteiger partial charge is 0.125 e. The summed E-state index contributed by atoms with van der Waals surface area (Å²) in [6.45, 7) is 5.20. The van der Waals surface area contributed by atoms with Crippen LogP contribution in [-0.2, 0) is 11.3 Å². The first-order chi connectivity index (χ1) is 9.20. The fraction of sp³-hybridized carbons (Fsp3) is 0.600. The second-order valence-corrected chi connectivity index (χ2v) is 5.60. The van der Waals surface area contributed by atoms with E-state index < -0.39 is 0 Å². The first kappa shape index (κ1) is 12.9. The standard InChI is InChI=1S/C15H21FN2O/c1-11-10-18(4-5-19-11)15-7-12(6-13(16)8-15)9-17-14-2-3-14/h6-8,11,14,17H,2-5,9-10H2,1H3. The molecule has 3 rings (SSSR count). The number of halogens is 1. The van der Waals surface area contributed by atoms with Gasteiger partial charge in [0.25, 0.3) is 0 Å².